The van der Waals surface area contributed by atoms with E-state index in [9.17, 15) is 37.2 Å². The summed E-state index contributed by atoms with van der Waals surface area (Å²) >= 11 is 0. The second-order valence-corrected chi connectivity index (χ2v) is 15.3. The zero-order valence-electron chi connectivity index (χ0n) is 31.5. The molecule has 18 nitrogen and oxygen atoms in total. The minimum absolute atomic E-state index is 0.0000792. The number of rotatable bonds is 13. The summed E-state index contributed by atoms with van der Waals surface area (Å²) in [6.07, 6.45) is 1.51. The molecule has 2 aromatic rings. The van der Waals surface area contributed by atoms with Crippen LogP contribution < -0.4 is 37.0 Å². The number of guanidine groups is 1. The van der Waals surface area contributed by atoms with E-state index >= 15 is 0 Å². The molecule has 2 heterocycles. The Bertz CT molecular complexity index is 1840. The van der Waals surface area contributed by atoms with E-state index < -0.39 is 76.4 Å². The monoisotopic (exact) mass is 797 g/mol. The number of unbranched alkanes of at least 4 members (excludes halogenated alkanes) is 1. The molecule has 2 aliphatic heterocycles. The second kappa shape index (κ2) is 20.8. The van der Waals surface area contributed by atoms with Crippen molar-refractivity contribution < 1.29 is 41.9 Å². The number of amides is 6. The van der Waals surface area contributed by atoms with Crippen LogP contribution in [0.15, 0.2) is 64.5 Å². The van der Waals surface area contributed by atoms with E-state index in [2.05, 4.69) is 36.3 Å². The Labute approximate surface area is 326 Å². The van der Waals surface area contributed by atoms with Crippen LogP contribution in [0.1, 0.15) is 63.0 Å². The Balaban J connectivity index is 1.36. The van der Waals surface area contributed by atoms with Crippen molar-refractivity contribution in [2.24, 2.45) is 10.7 Å². The average molecular weight is 798 g/mol. The highest BCUT2D eigenvalue weighted by atomic mass is 32.2. The standard InChI is InChI=1S/C37H51N9O9S/c1-24-15-17-27(18-16-24)56(53,54)45-36(38)39-20-8-13-29-35(51)46-21-9-14-30(46)34(50)42-25(2)32(48)44-28(33(49)41-22-31(47)43-29)12-6-7-19-40-37(52)55-23-26-10-4-3-5-11-26/h3-5,10-11,15-18,25,28-30H,6-9,12-14,19-23H2,1-2H3,(H,40,52)(H,41,49)(H,42,50)(H,43,47)(H,44,48)(H3,38,39,45)/t25-,28-,29-,30-/m0/s1. The maximum Gasteiger partial charge on any atom is 0.407 e. The fourth-order valence-corrected chi connectivity index (χ4v) is 7.07. The molecule has 0 bridgehead atoms. The topological polar surface area (TPSA) is 260 Å². The molecule has 6 amide bonds. The van der Waals surface area contributed by atoms with Crippen LogP contribution in [0.4, 0.5) is 4.79 Å². The summed E-state index contributed by atoms with van der Waals surface area (Å²) in [5.41, 5.74) is 7.57. The Morgan fingerprint density at radius 1 is 0.911 bits per heavy atom. The molecule has 2 aromatic carbocycles. The van der Waals surface area contributed by atoms with E-state index in [1.165, 1.54) is 24.0 Å². The number of aliphatic imine (C=N–C) groups is 1. The molecule has 2 fully saturated rings. The molecule has 2 aliphatic rings. The molecule has 0 spiro atoms. The molecule has 304 valence electrons. The molecule has 0 aliphatic carbocycles. The molecule has 4 atom stereocenters. The van der Waals surface area contributed by atoms with Crippen molar-refractivity contribution in [1.29, 1.82) is 0 Å². The minimum atomic E-state index is -3.97. The minimum Gasteiger partial charge on any atom is -0.445 e. The lowest BCUT2D eigenvalue weighted by molar-refractivity contribution is -0.142. The summed E-state index contributed by atoms with van der Waals surface area (Å²) in [6, 6.07) is 11.2. The highest BCUT2D eigenvalue weighted by molar-refractivity contribution is 7.90. The maximum atomic E-state index is 13.8. The fraction of sp³-hybridized carbons (Fsp3) is 0.486. The number of nitrogens with two attached hydrogens (primary N) is 1. The number of alkyl carbamates (subject to hydrolysis) is 1. The van der Waals surface area contributed by atoms with Crippen molar-refractivity contribution in [1.82, 2.24) is 36.2 Å². The lowest BCUT2D eigenvalue weighted by Crippen LogP contribution is -2.56. The van der Waals surface area contributed by atoms with E-state index in [-0.39, 0.29) is 56.4 Å². The van der Waals surface area contributed by atoms with Crippen LogP contribution in [0.2, 0.25) is 0 Å². The quantitative estimate of drug-likeness (QED) is 0.0815. The lowest BCUT2D eigenvalue weighted by atomic mass is 10.1. The van der Waals surface area contributed by atoms with Crippen molar-refractivity contribution in [2.45, 2.75) is 94.5 Å². The second-order valence-electron chi connectivity index (χ2n) is 13.6. The van der Waals surface area contributed by atoms with Crippen molar-refractivity contribution in [3.05, 3.63) is 65.7 Å². The molecule has 0 saturated carbocycles. The first-order chi connectivity index (χ1) is 26.7. The van der Waals surface area contributed by atoms with Crippen LogP contribution in [0.5, 0.6) is 0 Å². The van der Waals surface area contributed by atoms with Gasteiger partial charge in [-0.25, -0.2) is 17.9 Å². The fourth-order valence-electron chi connectivity index (χ4n) is 6.12. The third-order valence-corrected chi connectivity index (χ3v) is 10.6. The van der Waals surface area contributed by atoms with Gasteiger partial charge in [0.15, 0.2) is 0 Å². The molecule has 4 rings (SSSR count). The largest absolute Gasteiger partial charge is 0.445 e. The number of carbonyl (C=O) groups excluding carboxylic acids is 6. The summed E-state index contributed by atoms with van der Waals surface area (Å²) in [7, 11) is -3.97. The van der Waals surface area contributed by atoms with Gasteiger partial charge in [0.1, 0.15) is 30.8 Å². The number of aryl methyl sites for hydroxylation is 1. The van der Waals surface area contributed by atoms with Gasteiger partial charge in [-0.3, -0.25) is 29.0 Å². The first kappa shape index (κ1) is 43.0. The first-order valence-corrected chi connectivity index (χ1v) is 20.0. The van der Waals surface area contributed by atoms with Crippen LogP contribution in [-0.2, 0) is 45.3 Å². The summed E-state index contributed by atoms with van der Waals surface area (Å²) in [6.45, 7) is 3.39. The number of carbonyl (C=O) groups is 6. The highest BCUT2D eigenvalue weighted by Crippen LogP contribution is 2.20. The summed E-state index contributed by atoms with van der Waals surface area (Å²) in [5.74, 6) is -3.40. The van der Waals surface area contributed by atoms with E-state index in [1.54, 1.807) is 12.1 Å². The van der Waals surface area contributed by atoms with Crippen LogP contribution >= 0.6 is 0 Å². The normalized spacial score (nSPS) is 21.4. The van der Waals surface area contributed by atoms with Gasteiger partial charge in [0.05, 0.1) is 11.4 Å². The van der Waals surface area contributed by atoms with Gasteiger partial charge in [0.25, 0.3) is 10.0 Å². The molecule has 8 N–H and O–H groups in total. The number of sulfonamides is 1. The van der Waals surface area contributed by atoms with E-state index in [4.69, 9.17) is 10.5 Å². The van der Waals surface area contributed by atoms with Crippen LogP contribution in [0, 0.1) is 6.92 Å². The Morgan fingerprint density at radius 3 is 2.36 bits per heavy atom. The number of hydrogen-bond acceptors (Lipinski definition) is 10. The summed E-state index contributed by atoms with van der Waals surface area (Å²) < 4.78 is 32.7. The Hall–Kier alpha value is -5.72. The molecular formula is C37H51N9O9S. The molecule has 0 aromatic heterocycles. The predicted molar refractivity (Wildman–Crippen MR) is 205 cm³/mol. The third-order valence-electron chi connectivity index (χ3n) is 9.18. The highest BCUT2D eigenvalue weighted by Gasteiger charge is 2.39. The number of benzene rings is 2. The molecule has 2 saturated heterocycles. The van der Waals surface area contributed by atoms with Gasteiger partial charge < -0.3 is 42.0 Å². The van der Waals surface area contributed by atoms with Gasteiger partial charge in [-0.05, 0) is 76.5 Å². The third kappa shape index (κ3) is 13.2. The summed E-state index contributed by atoms with van der Waals surface area (Å²) in [5, 5.41) is 13.1. The van der Waals surface area contributed by atoms with Gasteiger partial charge in [-0.15, -0.1) is 0 Å². The Kier molecular flexibility index (Phi) is 16.0. The van der Waals surface area contributed by atoms with Crippen LogP contribution in [0.25, 0.3) is 0 Å². The zero-order chi connectivity index (χ0) is 40.7. The number of hydrogen-bond donors (Lipinski definition) is 7. The number of nitrogens with one attached hydrogen (secondary N) is 6. The predicted octanol–water partition coefficient (Wildman–Crippen LogP) is 0.0600. The van der Waals surface area contributed by atoms with E-state index in [0.717, 1.165) is 11.1 Å². The maximum absolute atomic E-state index is 13.8. The molecule has 19 heteroatoms. The SMILES string of the molecule is Cc1ccc(S(=O)(=O)NC(N)=NCCC[C@@H]2NC(=O)CNC(=O)[C@H](CCCCNC(=O)OCc3ccccc3)NC(=O)[C@H](C)NC(=O)[C@@H]3CCCN3C2=O)cc1. The zero-order valence-corrected chi connectivity index (χ0v) is 32.4. The van der Waals surface area contributed by atoms with Gasteiger partial charge in [0.2, 0.25) is 35.5 Å². The van der Waals surface area contributed by atoms with Crippen molar-refractivity contribution in [2.75, 3.05) is 26.2 Å². The van der Waals surface area contributed by atoms with Crippen molar-refractivity contribution in [3.63, 3.8) is 0 Å². The van der Waals surface area contributed by atoms with E-state index in [0.29, 0.717) is 25.7 Å². The van der Waals surface area contributed by atoms with Gasteiger partial charge in [0, 0.05) is 19.6 Å². The lowest BCUT2D eigenvalue weighted by Gasteiger charge is -2.29. The number of fused-ring (bicyclic) bond motifs is 1. The molecule has 0 radical (unpaired) electrons. The van der Waals surface area contributed by atoms with Gasteiger partial charge in [-0.1, -0.05) is 48.0 Å². The molecule has 56 heavy (non-hydrogen) atoms. The molecule has 0 unspecified atom stereocenters. The van der Waals surface area contributed by atoms with Crippen molar-refractivity contribution in [3.8, 4) is 0 Å². The smallest absolute Gasteiger partial charge is 0.407 e. The van der Waals surface area contributed by atoms with Crippen molar-refractivity contribution >= 4 is 51.6 Å². The number of nitrogens with zero attached hydrogens (tertiary/aromatic N) is 2. The van der Waals surface area contributed by atoms with E-state index in [1.807, 2.05) is 37.3 Å². The molecular weight excluding hydrogens is 747 g/mol. The van der Waals surface area contributed by atoms with Crippen LogP contribution in [-0.4, -0.2) is 105 Å². The average Bonchev–Trinajstić information content (AvgIpc) is 3.67. The summed E-state index contributed by atoms with van der Waals surface area (Å²) in [4.78, 5) is 84.2. The van der Waals surface area contributed by atoms with Gasteiger partial charge >= 0.3 is 6.09 Å². The number of ether oxygens (including phenoxy) is 1. The first-order valence-electron chi connectivity index (χ1n) is 18.6. The van der Waals surface area contributed by atoms with Gasteiger partial charge in [-0.2, -0.15) is 0 Å². The Morgan fingerprint density at radius 2 is 1.62 bits per heavy atom. The van der Waals surface area contributed by atoms with Crippen LogP contribution in [0.3, 0.4) is 0 Å².